The number of hydrogen-bond acceptors (Lipinski definition) is 3. The molecule has 84 valence electrons. The maximum Gasteiger partial charge on any atom is 0.0509 e. The van der Waals surface area contributed by atoms with Gasteiger partial charge in [-0.3, -0.25) is 0 Å². The molecule has 0 aromatic carbocycles. The average molecular weight is 233 g/mol. The smallest absolute Gasteiger partial charge is 0.0509 e. The van der Waals surface area contributed by atoms with Crippen molar-refractivity contribution in [1.29, 1.82) is 0 Å². The van der Waals surface area contributed by atoms with Crippen LogP contribution < -0.4 is 0 Å². The van der Waals surface area contributed by atoms with E-state index in [0.717, 1.165) is 11.1 Å². The molecule has 1 atom stereocenters. The largest absolute Gasteiger partial charge is 0.244 e. The highest BCUT2D eigenvalue weighted by Crippen LogP contribution is 2.30. The summed E-state index contributed by atoms with van der Waals surface area (Å²) < 4.78 is 2.60. The summed E-state index contributed by atoms with van der Waals surface area (Å²) >= 11 is 6.25. The molecule has 1 saturated carbocycles. The van der Waals surface area contributed by atoms with Crippen LogP contribution in [0.5, 0.6) is 0 Å². The quantitative estimate of drug-likeness (QED) is 0.435. The molecular weight excluding hydrogens is 210 g/mol. The Bertz CT molecular complexity index is 146. The van der Waals surface area contributed by atoms with Gasteiger partial charge >= 0.3 is 0 Å². The van der Waals surface area contributed by atoms with Crippen LogP contribution in [0.15, 0.2) is 0 Å². The molecule has 3 heteroatoms. The predicted octanol–water partition coefficient (Wildman–Crippen LogP) is 3.96. The fourth-order valence-electron chi connectivity index (χ4n) is 2.17. The maximum atomic E-state index is 4.33. The van der Waals surface area contributed by atoms with Crippen LogP contribution in [0, 0.1) is 0 Å². The fourth-order valence-corrected chi connectivity index (χ4v) is 3.53. The van der Waals surface area contributed by atoms with Crippen LogP contribution in [0.25, 0.3) is 0 Å². The molecule has 1 unspecified atom stereocenters. The van der Waals surface area contributed by atoms with Crippen LogP contribution in [-0.4, -0.2) is 21.5 Å². The highest BCUT2D eigenvalue weighted by atomic mass is 32.2. The lowest BCUT2D eigenvalue weighted by molar-refractivity contribution is 0.226. The molecule has 0 saturated heterocycles. The summed E-state index contributed by atoms with van der Waals surface area (Å²) in [6.07, 6.45) is 8.32. The Morgan fingerprint density at radius 3 is 2.50 bits per heavy atom. The first-order valence-corrected chi connectivity index (χ1v) is 7.39. The van der Waals surface area contributed by atoms with E-state index in [4.69, 9.17) is 0 Å². The molecule has 1 nitrogen and oxygen atoms in total. The lowest BCUT2D eigenvalue weighted by atomic mass is 9.95. The molecule has 0 radical (unpaired) electrons. The first-order chi connectivity index (χ1) is 6.79. The SMILES string of the molecule is CCC(C)N(SCS)C1CCCCC1. The van der Waals surface area contributed by atoms with Crippen molar-refractivity contribution >= 4 is 24.6 Å². The number of rotatable bonds is 5. The zero-order valence-electron chi connectivity index (χ0n) is 9.41. The average Bonchev–Trinajstić information content (AvgIpc) is 2.26. The van der Waals surface area contributed by atoms with Crippen molar-refractivity contribution in [2.75, 3.05) is 5.08 Å². The molecule has 0 amide bonds. The third-order valence-corrected chi connectivity index (χ3v) is 4.58. The monoisotopic (exact) mass is 233 g/mol. The Labute approximate surface area is 98.6 Å². The van der Waals surface area contributed by atoms with E-state index >= 15 is 0 Å². The Kier molecular flexibility index (Phi) is 6.38. The van der Waals surface area contributed by atoms with E-state index in [2.05, 4.69) is 30.8 Å². The van der Waals surface area contributed by atoms with Crippen LogP contribution in [0.4, 0.5) is 0 Å². The highest BCUT2D eigenvalue weighted by molar-refractivity contribution is 8.07. The van der Waals surface area contributed by atoms with Gasteiger partial charge in [0.05, 0.1) is 5.08 Å². The van der Waals surface area contributed by atoms with Gasteiger partial charge in [0.25, 0.3) is 0 Å². The maximum absolute atomic E-state index is 4.33. The van der Waals surface area contributed by atoms with E-state index in [1.807, 2.05) is 11.9 Å². The zero-order valence-corrected chi connectivity index (χ0v) is 11.1. The van der Waals surface area contributed by atoms with Crippen molar-refractivity contribution in [1.82, 2.24) is 4.31 Å². The second-order valence-electron chi connectivity index (χ2n) is 4.17. The number of nitrogens with zero attached hydrogens (tertiary/aromatic N) is 1. The molecule has 0 aliphatic heterocycles. The number of thiol groups is 1. The van der Waals surface area contributed by atoms with Crippen molar-refractivity contribution in [2.45, 2.75) is 64.5 Å². The van der Waals surface area contributed by atoms with Crippen molar-refractivity contribution in [3.63, 3.8) is 0 Å². The van der Waals surface area contributed by atoms with Crippen molar-refractivity contribution in [2.24, 2.45) is 0 Å². The minimum atomic E-state index is 0.704. The normalized spacial score (nSPS) is 21.4. The first kappa shape index (κ1) is 12.7. The van der Waals surface area contributed by atoms with Crippen LogP contribution in [0.3, 0.4) is 0 Å². The molecule has 0 heterocycles. The molecular formula is C11H23NS2. The van der Waals surface area contributed by atoms with Crippen molar-refractivity contribution in [3.05, 3.63) is 0 Å². The summed E-state index contributed by atoms with van der Waals surface area (Å²) in [5, 5.41) is 0.918. The second kappa shape index (κ2) is 7.02. The van der Waals surface area contributed by atoms with E-state index in [1.54, 1.807) is 0 Å². The van der Waals surface area contributed by atoms with Gasteiger partial charge in [0, 0.05) is 12.1 Å². The Morgan fingerprint density at radius 2 is 2.00 bits per heavy atom. The summed E-state index contributed by atoms with van der Waals surface area (Å²) in [6, 6.07) is 1.52. The second-order valence-corrected chi connectivity index (χ2v) is 5.88. The van der Waals surface area contributed by atoms with E-state index in [-0.39, 0.29) is 0 Å². The summed E-state index contributed by atoms with van der Waals surface area (Å²) in [4.78, 5) is 0. The van der Waals surface area contributed by atoms with E-state index in [0.29, 0.717) is 6.04 Å². The van der Waals surface area contributed by atoms with Crippen LogP contribution in [-0.2, 0) is 0 Å². The van der Waals surface area contributed by atoms with E-state index in [9.17, 15) is 0 Å². The van der Waals surface area contributed by atoms with E-state index < -0.39 is 0 Å². The third kappa shape index (κ3) is 3.67. The zero-order chi connectivity index (χ0) is 10.4. The van der Waals surface area contributed by atoms with Gasteiger partial charge in [0.15, 0.2) is 0 Å². The molecule has 0 spiro atoms. The standard InChI is InChI=1S/C11H23NS2/c1-3-10(2)12(14-9-13)11-7-5-4-6-8-11/h10-11,13H,3-9H2,1-2H3. The molecule has 0 aromatic heterocycles. The van der Waals surface area contributed by atoms with Crippen LogP contribution in [0.1, 0.15) is 52.4 Å². The minimum Gasteiger partial charge on any atom is -0.244 e. The van der Waals surface area contributed by atoms with Crippen molar-refractivity contribution < 1.29 is 0 Å². The van der Waals surface area contributed by atoms with Gasteiger partial charge in [-0.2, -0.15) is 12.6 Å². The third-order valence-electron chi connectivity index (χ3n) is 3.17. The summed E-state index contributed by atoms with van der Waals surface area (Å²) in [7, 11) is 0. The van der Waals surface area contributed by atoms with Gasteiger partial charge in [-0.25, -0.2) is 4.31 Å². The predicted molar refractivity (Wildman–Crippen MR) is 69.9 cm³/mol. The molecule has 0 bridgehead atoms. The first-order valence-electron chi connectivity index (χ1n) is 5.81. The molecule has 1 rings (SSSR count). The number of hydrogen-bond donors (Lipinski definition) is 1. The van der Waals surface area contributed by atoms with Gasteiger partial charge in [-0.1, -0.05) is 38.1 Å². The van der Waals surface area contributed by atoms with Crippen molar-refractivity contribution in [3.8, 4) is 0 Å². The van der Waals surface area contributed by atoms with E-state index in [1.165, 1.54) is 38.5 Å². The lowest BCUT2D eigenvalue weighted by Crippen LogP contribution is -2.37. The Morgan fingerprint density at radius 1 is 1.36 bits per heavy atom. The van der Waals surface area contributed by atoms with Crippen LogP contribution in [0.2, 0.25) is 0 Å². The topological polar surface area (TPSA) is 3.24 Å². The lowest BCUT2D eigenvalue weighted by Gasteiger charge is -2.36. The molecule has 0 N–H and O–H groups in total. The highest BCUT2D eigenvalue weighted by Gasteiger charge is 2.24. The van der Waals surface area contributed by atoms with Crippen LogP contribution >= 0.6 is 24.6 Å². The fraction of sp³-hybridized carbons (Fsp3) is 1.00. The van der Waals surface area contributed by atoms with Gasteiger partial charge in [-0.15, -0.1) is 0 Å². The molecule has 1 aliphatic carbocycles. The summed E-state index contributed by atoms with van der Waals surface area (Å²) in [6.45, 7) is 4.62. The van der Waals surface area contributed by atoms with Gasteiger partial charge in [-0.05, 0) is 26.2 Å². The molecule has 0 aromatic rings. The minimum absolute atomic E-state index is 0.704. The summed E-state index contributed by atoms with van der Waals surface area (Å²) in [5.41, 5.74) is 0. The molecule has 1 aliphatic rings. The summed E-state index contributed by atoms with van der Waals surface area (Å²) in [5.74, 6) is 0. The van der Waals surface area contributed by atoms with Gasteiger partial charge < -0.3 is 0 Å². The van der Waals surface area contributed by atoms with Gasteiger partial charge in [0.1, 0.15) is 0 Å². The Balaban J connectivity index is 2.46. The Hall–Kier alpha value is 0.660. The molecule has 14 heavy (non-hydrogen) atoms. The molecule has 1 fully saturated rings. The van der Waals surface area contributed by atoms with Gasteiger partial charge in [0.2, 0.25) is 0 Å².